The summed E-state index contributed by atoms with van der Waals surface area (Å²) in [5.41, 5.74) is 1.36. The number of carbonyl (C=O) groups excluding carboxylic acids is 2. The first-order chi connectivity index (χ1) is 14.5. The van der Waals surface area contributed by atoms with Gasteiger partial charge in [-0.1, -0.05) is 30.0 Å². The number of benzene rings is 2. The van der Waals surface area contributed by atoms with Crippen molar-refractivity contribution in [2.45, 2.75) is 6.92 Å². The van der Waals surface area contributed by atoms with Crippen LogP contribution in [0.2, 0.25) is 0 Å². The number of amides is 2. The topological polar surface area (TPSA) is 95.8 Å². The first kappa shape index (κ1) is 20.9. The van der Waals surface area contributed by atoms with Crippen molar-refractivity contribution in [3.05, 3.63) is 69.8 Å². The molecule has 1 N–H and O–H groups in total. The van der Waals surface area contributed by atoms with Gasteiger partial charge in [0.05, 0.1) is 11.5 Å². The van der Waals surface area contributed by atoms with Crippen molar-refractivity contribution in [1.29, 1.82) is 0 Å². The molecule has 0 aromatic heterocycles. The molecule has 2 aromatic rings. The van der Waals surface area contributed by atoms with Crippen molar-refractivity contribution >= 4 is 23.2 Å². The van der Waals surface area contributed by atoms with Crippen LogP contribution in [0.3, 0.4) is 0 Å². The number of hydrogen-bond donors (Lipinski definition) is 1. The van der Waals surface area contributed by atoms with E-state index in [0.717, 1.165) is 5.56 Å². The molecule has 1 saturated heterocycles. The Balaban J connectivity index is 1.67. The van der Waals surface area contributed by atoms with Gasteiger partial charge in [-0.2, -0.15) is 0 Å². The van der Waals surface area contributed by atoms with E-state index in [-0.39, 0.29) is 23.7 Å². The Bertz CT molecular complexity index is 1000. The third-order valence-electron chi connectivity index (χ3n) is 4.84. The third-order valence-corrected chi connectivity index (χ3v) is 4.84. The minimum atomic E-state index is -0.487. The molecule has 0 unspecified atom stereocenters. The molecule has 0 radical (unpaired) electrons. The van der Waals surface area contributed by atoms with Gasteiger partial charge in [-0.3, -0.25) is 19.7 Å². The Hall–Kier alpha value is -3.86. The summed E-state index contributed by atoms with van der Waals surface area (Å²) in [7, 11) is 0. The smallest absolute Gasteiger partial charge is 0.293 e. The molecule has 1 fully saturated rings. The highest BCUT2D eigenvalue weighted by atomic mass is 16.6. The predicted molar refractivity (Wildman–Crippen MR) is 113 cm³/mol. The van der Waals surface area contributed by atoms with Gasteiger partial charge in [-0.05, 0) is 24.3 Å². The van der Waals surface area contributed by atoms with E-state index in [1.165, 1.54) is 13.0 Å². The first-order valence-electron chi connectivity index (χ1n) is 9.56. The zero-order valence-corrected chi connectivity index (χ0v) is 16.6. The Labute approximate surface area is 174 Å². The molecule has 3 rings (SSSR count). The molecule has 1 aliphatic heterocycles. The molecule has 30 heavy (non-hydrogen) atoms. The second-order valence-corrected chi connectivity index (χ2v) is 6.80. The predicted octanol–water partition coefficient (Wildman–Crippen LogP) is 2.04. The van der Waals surface area contributed by atoms with Crippen LogP contribution in [-0.2, 0) is 4.79 Å². The molecular weight excluding hydrogens is 384 g/mol. The van der Waals surface area contributed by atoms with E-state index in [2.05, 4.69) is 17.2 Å². The van der Waals surface area contributed by atoms with Gasteiger partial charge in [0.15, 0.2) is 0 Å². The molecule has 0 spiro atoms. The Kier molecular flexibility index (Phi) is 6.65. The number of anilines is 1. The monoisotopic (exact) mass is 406 g/mol. The fourth-order valence-electron chi connectivity index (χ4n) is 3.23. The average Bonchev–Trinajstić information content (AvgIpc) is 2.77. The number of rotatable bonds is 4. The molecule has 1 heterocycles. The fraction of sp³-hybridized carbons (Fsp3) is 0.273. The normalized spacial score (nSPS) is 13.2. The van der Waals surface area contributed by atoms with Crippen LogP contribution in [0.1, 0.15) is 22.8 Å². The number of carbonyl (C=O) groups is 2. The molecule has 0 bridgehead atoms. The lowest BCUT2D eigenvalue weighted by Crippen LogP contribution is -2.48. The van der Waals surface area contributed by atoms with E-state index in [0.29, 0.717) is 31.9 Å². The maximum Gasteiger partial charge on any atom is 0.293 e. The Morgan fingerprint density at radius 3 is 2.43 bits per heavy atom. The van der Waals surface area contributed by atoms with Crippen LogP contribution in [0.5, 0.6) is 0 Å². The maximum absolute atomic E-state index is 12.4. The molecule has 2 aromatic carbocycles. The van der Waals surface area contributed by atoms with Crippen molar-refractivity contribution in [3.8, 4) is 11.8 Å². The van der Waals surface area contributed by atoms with Gasteiger partial charge in [0.25, 0.3) is 11.6 Å². The highest BCUT2D eigenvalue weighted by Gasteiger charge is 2.25. The second kappa shape index (κ2) is 9.56. The number of piperazine rings is 1. The summed E-state index contributed by atoms with van der Waals surface area (Å²) in [6, 6.07) is 13.8. The lowest BCUT2D eigenvalue weighted by atomic mass is 10.1. The van der Waals surface area contributed by atoms with Gasteiger partial charge < -0.3 is 15.1 Å². The zero-order chi connectivity index (χ0) is 21.5. The summed E-state index contributed by atoms with van der Waals surface area (Å²) in [5, 5.41) is 14.2. The highest BCUT2D eigenvalue weighted by Crippen LogP contribution is 2.30. The molecule has 0 aliphatic carbocycles. The zero-order valence-electron chi connectivity index (χ0n) is 16.6. The third kappa shape index (κ3) is 5.14. The Morgan fingerprint density at radius 2 is 1.80 bits per heavy atom. The SMILES string of the molecule is CC(=O)N1CCN(c2ccc(C(=O)NCC#Cc3ccccc3)cc2[N+](=O)[O-])CC1. The maximum atomic E-state index is 12.4. The number of nitro benzene ring substituents is 1. The van der Waals surface area contributed by atoms with Crippen LogP contribution in [0.25, 0.3) is 0 Å². The van der Waals surface area contributed by atoms with E-state index in [9.17, 15) is 19.7 Å². The Morgan fingerprint density at radius 1 is 1.10 bits per heavy atom. The van der Waals surface area contributed by atoms with Crippen LogP contribution in [0, 0.1) is 22.0 Å². The van der Waals surface area contributed by atoms with Crippen LogP contribution >= 0.6 is 0 Å². The highest BCUT2D eigenvalue weighted by molar-refractivity contribution is 5.96. The largest absolute Gasteiger partial charge is 0.362 e. The molecular formula is C22H22N4O4. The van der Waals surface area contributed by atoms with Gasteiger partial charge in [-0.15, -0.1) is 0 Å². The lowest BCUT2D eigenvalue weighted by Gasteiger charge is -2.35. The molecule has 154 valence electrons. The number of hydrogen-bond acceptors (Lipinski definition) is 5. The standard InChI is InChI=1S/C22H22N4O4/c1-17(27)24-12-14-25(15-13-24)20-10-9-19(16-21(20)26(29)30)22(28)23-11-5-8-18-6-3-2-4-7-18/h2-4,6-7,9-10,16H,11-15H2,1H3,(H,23,28). The van der Waals surface area contributed by atoms with Gasteiger partial charge in [0.1, 0.15) is 5.69 Å². The van der Waals surface area contributed by atoms with Crippen LogP contribution < -0.4 is 10.2 Å². The fourth-order valence-corrected chi connectivity index (χ4v) is 3.23. The van der Waals surface area contributed by atoms with Gasteiger partial charge >= 0.3 is 0 Å². The number of nitro groups is 1. The molecule has 2 amide bonds. The van der Waals surface area contributed by atoms with Crippen molar-refractivity contribution in [2.24, 2.45) is 0 Å². The van der Waals surface area contributed by atoms with E-state index in [4.69, 9.17) is 0 Å². The second-order valence-electron chi connectivity index (χ2n) is 6.80. The van der Waals surface area contributed by atoms with E-state index in [1.54, 1.807) is 17.0 Å². The summed E-state index contributed by atoms with van der Waals surface area (Å²) in [4.78, 5) is 38.5. The molecule has 0 atom stereocenters. The summed E-state index contributed by atoms with van der Waals surface area (Å²) < 4.78 is 0. The van der Waals surface area contributed by atoms with E-state index in [1.807, 2.05) is 35.2 Å². The molecule has 1 aliphatic rings. The summed E-state index contributed by atoms with van der Waals surface area (Å²) in [6.07, 6.45) is 0. The summed E-state index contributed by atoms with van der Waals surface area (Å²) in [6.45, 7) is 3.66. The first-order valence-corrected chi connectivity index (χ1v) is 9.56. The van der Waals surface area contributed by atoms with Crippen molar-refractivity contribution in [1.82, 2.24) is 10.2 Å². The van der Waals surface area contributed by atoms with Crippen LogP contribution in [0.15, 0.2) is 48.5 Å². The van der Waals surface area contributed by atoms with E-state index < -0.39 is 10.8 Å². The summed E-state index contributed by atoms with van der Waals surface area (Å²) in [5.74, 6) is 5.37. The van der Waals surface area contributed by atoms with Crippen molar-refractivity contribution in [2.75, 3.05) is 37.6 Å². The number of nitrogens with one attached hydrogen (secondary N) is 1. The quantitative estimate of drug-likeness (QED) is 0.476. The van der Waals surface area contributed by atoms with Gasteiger partial charge in [-0.25, -0.2) is 0 Å². The average molecular weight is 406 g/mol. The van der Waals surface area contributed by atoms with Crippen LogP contribution in [0.4, 0.5) is 11.4 Å². The van der Waals surface area contributed by atoms with Crippen molar-refractivity contribution in [3.63, 3.8) is 0 Å². The summed E-state index contributed by atoms with van der Waals surface area (Å²) >= 11 is 0. The minimum absolute atomic E-state index is 0.00784. The van der Waals surface area contributed by atoms with E-state index >= 15 is 0 Å². The molecule has 8 nitrogen and oxygen atoms in total. The lowest BCUT2D eigenvalue weighted by molar-refractivity contribution is -0.384. The van der Waals surface area contributed by atoms with Crippen molar-refractivity contribution < 1.29 is 14.5 Å². The van der Waals surface area contributed by atoms with Crippen LogP contribution in [-0.4, -0.2) is 54.4 Å². The van der Waals surface area contributed by atoms with Gasteiger partial charge in [0, 0.05) is 50.3 Å². The number of nitrogens with zero attached hydrogens (tertiary/aromatic N) is 3. The molecule has 0 saturated carbocycles. The molecule has 8 heteroatoms. The minimum Gasteiger partial charge on any atom is -0.362 e. The van der Waals surface area contributed by atoms with Gasteiger partial charge in [0.2, 0.25) is 5.91 Å².